The smallest absolute Gasteiger partial charge is 0.236 e. The Kier molecular flexibility index (Phi) is 6.39. The van der Waals surface area contributed by atoms with Crippen LogP contribution >= 0.6 is 0 Å². The van der Waals surface area contributed by atoms with Crippen molar-refractivity contribution in [1.82, 2.24) is 19.3 Å². The van der Waals surface area contributed by atoms with Gasteiger partial charge in [-0.25, -0.2) is 0 Å². The van der Waals surface area contributed by atoms with E-state index in [1.54, 1.807) is 0 Å². The Morgan fingerprint density at radius 2 is 1.45 bits per heavy atom. The highest BCUT2D eigenvalue weighted by Crippen LogP contribution is 2.27. The molecule has 0 saturated carbocycles. The first-order valence-corrected chi connectivity index (χ1v) is 12.6. The molecule has 0 unspecified atom stereocenters. The van der Waals surface area contributed by atoms with Gasteiger partial charge in [0.05, 0.1) is 13.1 Å². The molecule has 1 aromatic heterocycles. The lowest BCUT2D eigenvalue weighted by atomic mass is 10.1. The van der Waals surface area contributed by atoms with Crippen LogP contribution in [0.4, 0.5) is 0 Å². The first-order valence-electron chi connectivity index (χ1n) is 12.6. The van der Waals surface area contributed by atoms with Gasteiger partial charge >= 0.3 is 0 Å². The van der Waals surface area contributed by atoms with Crippen LogP contribution in [0.25, 0.3) is 5.69 Å². The molecule has 3 heterocycles. The molecule has 2 aliphatic heterocycles. The highest BCUT2D eigenvalue weighted by atomic mass is 16.2. The fourth-order valence-corrected chi connectivity index (χ4v) is 5.79. The fraction of sp³-hybridized carbons (Fsp3) is 0.556. The predicted molar refractivity (Wildman–Crippen MR) is 130 cm³/mol. The summed E-state index contributed by atoms with van der Waals surface area (Å²) >= 11 is 0. The number of Topliss-reactive ketones (excluding diaryl/α,β-unsaturated/α-hetero) is 1. The van der Waals surface area contributed by atoms with Gasteiger partial charge in [-0.1, -0.05) is 6.07 Å². The molecule has 6 heteroatoms. The molecule has 6 nitrogen and oxygen atoms in total. The van der Waals surface area contributed by atoms with Crippen LogP contribution in [0, 0.1) is 13.8 Å². The van der Waals surface area contributed by atoms with Crippen molar-refractivity contribution in [3.63, 3.8) is 0 Å². The Balaban J connectivity index is 1.19. The van der Waals surface area contributed by atoms with E-state index < -0.39 is 0 Å². The molecule has 3 aliphatic rings. The summed E-state index contributed by atoms with van der Waals surface area (Å²) in [6.07, 6.45) is 5.85. The van der Waals surface area contributed by atoms with Crippen molar-refractivity contribution in [2.75, 3.05) is 52.4 Å². The average Bonchev–Trinajstić information content (AvgIpc) is 3.55. The van der Waals surface area contributed by atoms with Gasteiger partial charge < -0.3 is 9.47 Å². The van der Waals surface area contributed by atoms with E-state index >= 15 is 0 Å². The number of amides is 1. The first-order chi connectivity index (χ1) is 16.0. The van der Waals surface area contributed by atoms with Crippen molar-refractivity contribution in [3.8, 4) is 5.69 Å². The van der Waals surface area contributed by atoms with Gasteiger partial charge in [0.1, 0.15) is 0 Å². The normalized spacial score (nSPS) is 19.3. The van der Waals surface area contributed by atoms with Crippen LogP contribution in [0.5, 0.6) is 0 Å². The maximum atomic E-state index is 13.2. The summed E-state index contributed by atoms with van der Waals surface area (Å²) in [7, 11) is 0. The third kappa shape index (κ3) is 4.64. The summed E-state index contributed by atoms with van der Waals surface area (Å²) < 4.78 is 2.23. The summed E-state index contributed by atoms with van der Waals surface area (Å²) in [5.74, 6) is 0.452. The molecule has 0 spiro atoms. The quantitative estimate of drug-likeness (QED) is 0.638. The van der Waals surface area contributed by atoms with E-state index in [4.69, 9.17) is 0 Å². The van der Waals surface area contributed by atoms with Crippen molar-refractivity contribution < 1.29 is 9.59 Å². The van der Waals surface area contributed by atoms with Crippen molar-refractivity contribution in [3.05, 3.63) is 52.3 Å². The number of aromatic nitrogens is 1. The monoisotopic (exact) mass is 448 g/mol. The molecular weight excluding hydrogens is 412 g/mol. The number of likely N-dealkylation sites (tertiary alicyclic amines) is 1. The van der Waals surface area contributed by atoms with Gasteiger partial charge in [0.15, 0.2) is 5.78 Å². The number of ketones is 1. The number of benzene rings is 1. The molecule has 1 amide bonds. The summed E-state index contributed by atoms with van der Waals surface area (Å²) in [5, 5.41) is 0. The van der Waals surface area contributed by atoms with Crippen LogP contribution in [0.15, 0.2) is 24.3 Å². The van der Waals surface area contributed by atoms with E-state index in [1.165, 1.54) is 29.7 Å². The second-order valence-electron chi connectivity index (χ2n) is 9.99. The average molecular weight is 449 g/mol. The summed E-state index contributed by atoms with van der Waals surface area (Å²) in [6, 6.07) is 8.81. The molecular formula is C27H36N4O2. The lowest BCUT2D eigenvalue weighted by molar-refractivity contribution is -0.131. The maximum absolute atomic E-state index is 13.2. The number of nitrogens with zero attached hydrogens (tertiary/aromatic N) is 4. The first kappa shape index (κ1) is 22.4. The van der Waals surface area contributed by atoms with Gasteiger partial charge in [0, 0.05) is 61.9 Å². The number of aryl methyl sites for hydroxylation is 3. The molecule has 2 fully saturated rings. The topological polar surface area (TPSA) is 48.8 Å². The maximum Gasteiger partial charge on any atom is 0.236 e. The molecule has 1 aliphatic carbocycles. The van der Waals surface area contributed by atoms with Crippen LogP contribution in [-0.2, 0) is 17.6 Å². The van der Waals surface area contributed by atoms with Gasteiger partial charge in [-0.15, -0.1) is 0 Å². The number of carbonyl (C=O) groups is 2. The second-order valence-corrected chi connectivity index (χ2v) is 9.99. The molecule has 33 heavy (non-hydrogen) atoms. The van der Waals surface area contributed by atoms with Gasteiger partial charge in [0.25, 0.3) is 0 Å². The van der Waals surface area contributed by atoms with Gasteiger partial charge in [-0.2, -0.15) is 0 Å². The van der Waals surface area contributed by atoms with Crippen LogP contribution < -0.4 is 0 Å². The molecule has 0 atom stereocenters. The number of piperazine rings is 1. The van der Waals surface area contributed by atoms with Crippen molar-refractivity contribution in [2.45, 2.75) is 46.0 Å². The van der Waals surface area contributed by atoms with Crippen molar-refractivity contribution >= 4 is 11.7 Å². The number of fused-ring (bicyclic) bond motifs is 1. The number of rotatable bonds is 6. The number of carbonyl (C=O) groups excluding carboxylic acids is 2. The minimum absolute atomic E-state index is 0.192. The SMILES string of the molecule is Cc1cc(C(=O)CN2CCN(CC(=O)N3CCCC3)CC2)c(C)n1-c1ccc2c(c1)CCC2. The van der Waals surface area contributed by atoms with Crippen molar-refractivity contribution in [2.24, 2.45) is 0 Å². The second kappa shape index (κ2) is 9.43. The molecule has 0 bridgehead atoms. The largest absolute Gasteiger partial charge is 0.342 e. The molecule has 2 saturated heterocycles. The van der Waals surface area contributed by atoms with Crippen LogP contribution in [0.2, 0.25) is 0 Å². The Hall–Kier alpha value is -2.44. The van der Waals surface area contributed by atoms with Crippen LogP contribution in [0.1, 0.15) is 52.1 Å². The van der Waals surface area contributed by atoms with Crippen LogP contribution in [0.3, 0.4) is 0 Å². The highest BCUT2D eigenvalue weighted by molar-refractivity contribution is 5.99. The minimum atomic E-state index is 0.192. The Morgan fingerprint density at radius 1 is 0.788 bits per heavy atom. The predicted octanol–water partition coefficient (Wildman–Crippen LogP) is 3.01. The highest BCUT2D eigenvalue weighted by Gasteiger charge is 2.25. The zero-order valence-electron chi connectivity index (χ0n) is 20.1. The van der Waals surface area contributed by atoms with E-state index in [0.29, 0.717) is 13.1 Å². The van der Waals surface area contributed by atoms with Crippen molar-refractivity contribution in [1.29, 1.82) is 0 Å². The molecule has 0 N–H and O–H groups in total. The fourth-order valence-electron chi connectivity index (χ4n) is 5.79. The number of hydrogen-bond donors (Lipinski definition) is 0. The van der Waals surface area contributed by atoms with Gasteiger partial charge in [-0.3, -0.25) is 19.4 Å². The minimum Gasteiger partial charge on any atom is -0.342 e. The Morgan fingerprint density at radius 3 is 2.18 bits per heavy atom. The van der Waals surface area contributed by atoms with E-state index in [-0.39, 0.29) is 11.7 Å². The standard InChI is InChI=1S/C27H36N4O2/c1-20-16-25(21(2)31(20)24-9-8-22-6-5-7-23(22)17-24)26(32)18-28-12-14-29(15-13-28)19-27(33)30-10-3-4-11-30/h8-9,16-17H,3-7,10-15,18-19H2,1-2H3. The van der Waals surface area contributed by atoms with E-state index in [2.05, 4.69) is 52.5 Å². The Bertz CT molecular complexity index is 1040. The summed E-state index contributed by atoms with van der Waals surface area (Å²) in [5.41, 5.74) is 7.07. The molecule has 5 rings (SSSR count). The summed E-state index contributed by atoms with van der Waals surface area (Å²) in [6.45, 7) is 10.3. The Labute approximate surface area is 197 Å². The van der Waals surface area contributed by atoms with E-state index in [1.807, 2.05) is 4.90 Å². The zero-order chi connectivity index (χ0) is 22.9. The molecule has 1 aromatic carbocycles. The third-order valence-electron chi connectivity index (χ3n) is 7.72. The summed E-state index contributed by atoms with van der Waals surface area (Å²) in [4.78, 5) is 32.1. The lowest BCUT2D eigenvalue weighted by Crippen LogP contribution is -2.50. The van der Waals surface area contributed by atoms with Crippen LogP contribution in [-0.4, -0.2) is 83.3 Å². The molecule has 0 radical (unpaired) electrons. The molecule has 2 aromatic rings. The van der Waals surface area contributed by atoms with Gasteiger partial charge in [-0.05, 0) is 75.3 Å². The lowest BCUT2D eigenvalue weighted by Gasteiger charge is -2.34. The van der Waals surface area contributed by atoms with E-state index in [9.17, 15) is 9.59 Å². The van der Waals surface area contributed by atoms with E-state index in [0.717, 1.165) is 75.5 Å². The number of hydrogen-bond acceptors (Lipinski definition) is 4. The van der Waals surface area contributed by atoms with Gasteiger partial charge in [0.2, 0.25) is 5.91 Å². The zero-order valence-corrected chi connectivity index (χ0v) is 20.1. The molecule has 176 valence electrons. The third-order valence-corrected chi connectivity index (χ3v) is 7.72.